The molecule has 15 heavy (non-hydrogen) atoms. The van der Waals surface area contributed by atoms with Crippen LogP contribution in [0.25, 0.3) is 0 Å². The standard InChI is InChI=1S/C10H8Br2O2S/c1-6(11)5-15-9-4-7(12)2-3-8(9)10(13)14/h2-4H,1,5H2,(H,13,14). The predicted molar refractivity (Wildman–Crippen MR) is 69.9 cm³/mol. The molecule has 0 aromatic heterocycles. The van der Waals surface area contributed by atoms with E-state index in [4.69, 9.17) is 5.11 Å². The Hall–Kier alpha value is -0.260. The molecule has 0 aliphatic carbocycles. The van der Waals surface area contributed by atoms with Crippen molar-refractivity contribution in [2.75, 3.05) is 5.75 Å². The summed E-state index contributed by atoms with van der Waals surface area (Å²) < 4.78 is 1.71. The van der Waals surface area contributed by atoms with Gasteiger partial charge in [-0.3, -0.25) is 0 Å². The molecule has 0 radical (unpaired) electrons. The fraction of sp³-hybridized carbons (Fsp3) is 0.100. The summed E-state index contributed by atoms with van der Waals surface area (Å²) in [6, 6.07) is 5.10. The maximum atomic E-state index is 10.9. The van der Waals surface area contributed by atoms with E-state index < -0.39 is 5.97 Å². The number of hydrogen-bond acceptors (Lipinski definition) is 2. The van der Waals surface area contributed by atoms with Gasteiger partial charge in [0, 0.05) is 15.1 Å². The van der Waals surface area contributed by atoms with Gasteiger partial charge in [-0.05, 0) is 22.7 Å². The molecule has 0 fully saturated rings. The van der Waals surface area contributed by atoms with Crippen LogP contribution in [-0.2, 0) is 0 Å². The first-order valence-electron chi connectivity index (χ1n) is 3.99. The van der Waals surface area contributed by atoms with Crippen LogP contribution in [0.1, 0.15) is 10.4 Å². The first-order chi connectivity index (χ1) is 7.00. The van der Waals surface area contributed by atoms with Crippen molar-refractivity contribution in [2.45, 2.75) is 4.90 Å². The van der Waals surface area contributed by atoms with Gasteiger partial charge in [-0.1, -0.05) is 38.4 Å². The zero-order valence-electron chi connectivity index (χ0n) is 7.67. The van der Waals surface area contributed by atoms with Crippen LogP contribution in [0.4, 0.5) is 0 Å². The summed E-state index contributed by atoms with van der Waals surface area (Å²) in [4.78, 5) is 11.6. The zero-order chi connectivity index (χ0) is 11.4. The van der Waals surface area contributed by atoms with Crippen LogP contribution in [0.15, 0.2) is 38.6 Å². The molecule has 1 aromatic carbocycles. The fourth-order valence-corrected chi connectivity index (χ4v) is 2.64. The highest BCUT2D eigenvalue weighted by molar-refractivity contribution is 9.11. The van der Waals surface area contributed by atoms with Gasteiger partial charge < -0.3 is 5.11 Å². The van der Waals surface area contributed by atoms with Crippen LogP contribution in [0.2, 0.25) is 0 Å². The number of rotatable bonds is 4. The van der Waals surface area contributed by atoms with Crippen LogP contribution in [-0.4, -0.2) is 16.8 Å². The Kier molecular flexibility index (Phi) is 4.89. The average molecular weight is 352 g/mol. The van der Waals surface area contributed by atoms with Crippen molar-refractivity contribution in [3.8, 4) is 0 Å². The van der Waals surface area contributed by atoms with E-state index in [2.05, 4.69) is 38.4 Å². The molecule has 1 N–H and O–H groups in total. The molecule has 1 rings (SSSR count). The number of aromatic carboxylic acids is 1. The first-order valence-corrected chi connectivity index (χ1v) is 6.57. The van der Waals surface area contributed by atoms with Crippen molar-refractivity contribution in [2.24, 2.45) is 0 Å². The quantitative estimate of drug-likeness (QED) is 0.828. The molecular weight excluding hydrogens is 344 g/mol. The highest BCUT2D eigenvalue weighted by atomic mass is 79.9. The van der Waals surface area contributed by atoms with Gasteiger partial charge in [0.25, 0.3) is 0 Å². The molecule has 0 unspecified atom stereocenters. The van der Waals surface area contributed by atoms with Gasteiger partial charge in [0.05, 0.1) is 5.56 Å². The Morgan fingerprint density at radius 1 is 1.53 bits per heavy atom. The van der Waals surface area contributed by atoms with Gasteiger partial charge in [0.1, 0.15) is 0 Å². The third kappa shape index (κ3) is 4.01. The van der Waals surface area contributed by atoms with Crippen LogP contribution >= 0.6 is 43.6 Å². The molecule has 1 aromatic rings. The normalized spacial score (nSPS) is 10.0. The second kappa shape index (κ2) is 5.72. The minimum absolute atomic E-state index is 0.317. The SMILES string of the molecule is C=C(Br)CSc1cc(Br)ccc1C(=O)O. The monoisotopic (exact) mass is 350 g/mol. The van der Waals surface area contributed by atoms with Crippen LogP contribution in [0, 0.1) is 0 Å². The van der Waals surface area contributed by atoms with E-state index in [0.717, 1.165) is 13.9 Å². The van der Waals surface area contributed by atoms with E-state index in [9.17, 15) is 4.79 Å². The van der Waals surface area contributed by atoms with E-state index >= 15 is 0 Å². The summed E-state index contributed by atoms with van der Waals surface area (Å²) in [5.74, 6) is -0.262. The average Bonchev–Trinajstić information content (AvgIpc) is 2.14. The molecule has 2 nitrogen and oxygen atoms in total. The molecule has 0 amide bonds. The van der Waals surface area contributed by atoms with Gasteiger partial charge in [-0.15, -0.1) is 11.8 Å². The second-order valence-electron chi connectivity index (χ2n) is 2.75. The van der Waals surface area contributed by atoms with Gasteiger partial charge in [0.15, 0.2) is 0 Å². The van der Waals surface area contributed by atoms with Crippen molar-refractivity contribution in [3.63, 3.8) is 0 Å². The number of benzene rings is 1. The summed E-state index contributed by atoms with van der Waals surface area (Å²) in [5, 5.41) is 8.96. The third-order valence-corrected chi connectivity index (χ3v) is 3.84. The van der Waals surface area contributed by atoms with E-state index in [1.54, 1.807) is 18.2 Å². The molecule has 0 spiro atoms. The lowest BCUT2D eigenvalue weighted by Crippen LogP contribution is -1.98. The van der Waals surface area contributed by atoms with E-state index in [0.29, 0.717) is 11.3 Å². The largest absolute Gasteiger partial charge is 0.478 e. The third-order valence-electron chi connectivity index (χ3n) is 1.56. The van der Waals surface area contributed by atoms with Gasteiger partial charge in [-0.2, -0.15) is 0 Å². The van der Waals surface area contributed by atoms with Gasteiger partial charge in [-0.25, -0.2) is 4.79 Å². The van der Waals surface area contributed by atoms with Crippen molar-refractivity contribution in [1.29, 1.82) is 0 Å². The summed E-state index contributed by atoms with van der Waals surface area (Å²) in [7, 11) is 0. The van der Waals surface area contributed by atoms with E-state index in [1.807, 2.05) is 0 Å². The lowest BCUT2D eigenvalue weighted by molar-refractivity contribution is 0.0693. The smallest absolute Gasteiger partial charge is 0.336 e. The summed E-state index contributed by atoms with van der Waals surface area (Å²) in [5.41, 5.74) is 0.317. The van der Waals surface area contributed by atoms with Crippen molar-refractivity contribution in [3.05, 3.63) is 39.3 Å². The Bertz CT molecular complexity index is 404. The molecule has 80 valence electrons. The predicted octanol–water partition coefficient (Wildman–Crippen LogP) is 4.15. The summed E-state index contributed by atoms with van der Waals surface area (Å²) >= 11 is 7.99. The number of hydrogen-bond donors (Lipinski definition) is 1. The second-order valence-corrected chi connectivity index (χ2v) is 5.81. The Balaban J connectivity index is 2.96. The van der Waals surface area contributed by atoms with Crippen molar-refractivity contribution < 1.29 is 9.90 Å². The number of carboxylic acids is 1. The Labute approximate surface area is 109 Å². The molecule has 0 saturated carbocycles. The van der Waals surface area contributed by atoms with E-state index in [1.165, 1.54) is 11.8 Å². The molecule has 5 heteroatoms. The van der Waals surface area contributed by atoms with Crippen LogP contribution < -0.4 is 0 Å². The molecule has 0 saturated heterocycles. The highest BCUT2D eigenvalue weighted by Gasteiger charge is 2.10. The minimum Gasteiger partial charge on any atom is -0.478 e. The molecule has 0 aliphatic rings. The Morgan fingerprint density at radius 3 is 2.73 bits per heavy atom. The summed E-state index contributed by atoms with van der Waals surface area (Å²) in [6.45, 7) is 3.70. The topological polar surface area (TPSA) is 37.3 Å². The lowest BCUT2D eigenvalue weighted by atomic mass is 10.2. The van der Waals surface area contributed by atoms with Crippen LogP contribution in [0.3, 0.4) is 0 Å². The number of carboxylic acid groups (broad SMARTS) is 1. The summed E-state index contributed by atoms with van der Waals surface area (Å²) in [6.07, 6.45) is 0. The van der Waals surface area contributed by atoms with Gasteiger partial charge in [0.2, 0.25) is 0 Å². The zero-order valence-corrected chi connectivity index (χ0v) is 11.7. The maximum absolute atomic E-state index is 10.9. The van der Waals surface area contributed by atoms with Crippen LogP contribution in [0.5, 0.6) is 0 Å². The van der Waals surface area contributed by atoms with Crippen molar-refractivity contribution >= 4 is 49.6 Å². The lowest BCUT2D eigenvalue weighted by Gasteiger charge is -2.05. The number of carbonyl (C=O) groups is 1. The molecular formula is C10H8Br2O2S. The fourth-order valence-electron chi connectivity index (χ4n) is 0.948. The number of halogens is 2. The highest BCUT2D eigenvalue weighted by Crippen LogP contribution is 2.28. The van der Waals surface area contributed by atoms with E-state index in [-0.39, 0.29) is 0 Å². The molecule has 0 aliphatic heterocycles. The van der Waals surface area contributed by atoms with Crippen molar-refractivity contribution in [1.82, 2.24) is 0 Å². The maximum Gasteiger partial charge on any atom is 0.336 e. The molecule has 0 atom stereocenters. The first kappa shape index (κ1) is 12.8. The molecule has 0 heterocycles. The minimum atomic E-state index is -0.912. The molecule has 0 bridgehead atoms. The Morgan fingerprint density at radius 2 is 2.20 bits per heavy atom. The van der Waals surface area contributed by atoms with Gasteiger partial charge >= 0.3 is 5.97 Å². The number of thioether (sulfide) groups is 1.